The number of methoxy groups -OCH3 is 1. The van der Waals surface area contributed by atoms with Crippen LogP contribution in [0.2, 0.25) is 0 Å². The number of carbonyl (C=O) groups excluding carboxylic acids is 4. The Labute approximate surface area is 192 Å². The van der Waals surface area contributed by atoms with Crippen molar-refractivity contribution in [2.45, 2.75) is 58.1 Å². The van der Waals surface area contributed by atoms with Crippen LogP contribution in [0.4, 0.5) is 5.69 Å². The zero-order chi connectivity index (χ0) is 25.6. The van der Waals surface area contributed by atoms with Crippen molar-refractivity contribution in [3.8, 4) is 5.75 Å². The van der Waals surface area contributed by atoms with E-state index in [2.05, 4.69) is 4.74 Å². The molecule has 0 saturated carbocycles. The highest BCUT2D eigenvalue weighted by atomic mass is 16.7. The lowest BCUT2D eigenvalue weighted by Crippen LogP contribution is -2.64. The van der Waals surface area contributed by atoms with E-state index in [0.29, 0.717) is 0 Å². The molecule has 1 heterocycles. The van der Waals surface area contributed by atoms with Crippen molar-refractivity contribution in [1.82, 2.24) is 0 Å². The summed E-state index contributed by atoms with van der Waals surface area (Å²) < 4.78 is 31.3. The Morgan fingerprint density at radius 1 is 1.00 bits per heavy atom. The fourth-order valence-electron chi connectivity index (χ4n) is 3.20. The molecule has 1 aliphatic rings. The lowest BCUT2D eigenvalue weighted by atomic mass is 9.97. The number of hydrogen-bond acceptors (Lipinski definition) is 13. The maximum Gasteiger partial charge on any atom is 0.339 e. The molecule has 0 radical (unpaired) electrons. The van der Waals surface area contributed by atoms with Crippen LogP contribution in [0.5, 0.6) is 5.75 Å². The van der Waals surface area contributed by atoms with Crippen molar-refractivity contribution in [3.63, 3.8) is 0 Å². The fourth-order valence-corrected chi connectivity index (χ4v) is 3.20. The van der Waals surface area contributed by atoms with E-state index in [1.165, 1.54) is 6.07 Å². The molecule has 1 unspecified atom stereocenters. The smallest absolute Gasteiger partial charge is 0.339 e. The summed E-state index contributed by atoms with van der Waals surface area (Å²) >= 11 is 0. The number of ether oxygens (including phenoxy) is 6. The molecule has 0 amide bonds. The quantitative estimate of drug-likeness (QED) is 0.227. The van der Waals surface area contributed by atoms with Gasteiger partial charge in [-0.15, -0.1) is 0 Å². The zero-order valence-electron chi connectivity index (χ0n) is 18.6. The third-order valence-corrected chi connectivity index (χ3v) is 4.48. The molecule has 1 aromatic rings. The second-order valence-corrected chi connectivity index (χ2v) is 7.01. The number of aliphatic hydroxyl groups is 1. The average Bonchev–Trinajstić information content (AvgIpc) is 2.76. The average molecular weight is 485 g/mol. The summed E-state index contributed by atoms with van der Waals surface area (Å²) in [6.45, 7) is 2.58. The molecule has 1 N–H and O–H groups in total. The van der Waals surface area contributed by atoms with Gasteiger partial charge in [0.2, 0.25) is 12.4 Å². The maximum absolute atomic E-state index is 12.4. The van der Waals surface area contributed by atoms with Crippen LogP contribution in [0.1, 0.15) is 26.3 Å². The predicted molar refractivity (Wildman–Crippen MR) is 107 cm³/mol. The van der Waals surface area contributed by atoms with Gasteiger partial charge in [-0.1, -0.05) is 6.07 Å². The first-order chi connectivity index (χ1) is 16.0. The molecular weight excluding hydrogens is 462 g/mol. The van der Waals surface area contributed by atoms with Gasteiger partial charge in [0, 0.05) is 26.8 Å². The van der Waals surface area contributed by atoms with Gasteiger partial charge in [-0.3, -0.25) is 24.5 Å². The number of nitro groups is 1. The molecule has 14 nitrogen and oxygen atoms in total. The van der Waals surface area contributed by atoms with Crippen LogP contribution in [0.15, 0.2) is 18.2 Å². The Kier molecular flexibility index (Phi) is 8.86. The van der Waals surface area contributed by atoms with Crippen LogP contribution < -0.4 is 4.74 Å². The van der Waals surface area contributed by atoms with Crippen molar-refractivity contribution >= 4 is 29.6 Å². The number of benzene rings is 1. The summed E-state index contributed by atoms with van der Waals surface area (Å²) in [6, 6.07) is 3.53. The summed E-state index contributed by atoms with van der Waals surface area (Å²) in [7, 11) is 1.02. The van der Waals surface area contributed by atoms with E-state index in [9.17, 15) is 34.4 Å². The largest absolute Gasteiger partial charge is 0.467 e. The highest BCUT2D eigenvalue weighted by Crippen LogP contribution is 2.35. The Morgan fingerprint density at radius 2 is 1.56 bits per heavy atom. The van der Waals surface area contributed by atoms with Crippen LogP contribution in [0, 0.1) is 10.1 Å². The Balaban J connectivity index is 2.58. The van der Waals surface area contributed by atoms with E-state index in [-0.39, 0.29) is 11.3 Å². The SMILES string of the molecule is COC(=O)[C@H]1OC(Oc2ccc(CO)cc2[N+](=O)[O-])[C@H](OC(C)=O)[C@@H](OC(C)=O)[C@@H]1OC(C)=O. The van der Waals surface area contributed by atoms with Crippen molar-refractivity contribution in [2.75, 3.05) is 7.11 Å². The van der Waals surface area contributed by atoms with Crippen molar-refractivity contribution < 1.29 is 57.6 Å². The van der Waals surface area contributed by atoms with Gasteiger partial charge in [-0.2, -0.15) is 0 Å². The Bertz CT molecular complexity index is 962. The van der Waals surface area contributed by atoms with Crippen LogP contribution in [0.3, 0.4) is 0 Å². The minimum absolute atomic E-state index is 0.209. The number of rotatable bonds is 8. The fraction of sp³-hybridized carbons (Fsp3) is 0.500. The lowest BCUT2D eigenvalue weighted by Gasteiger charge is -2.42. The van der Waals surface area contributed by atoms with Gasteiger partial charge in [0.1, 0.15) is 0 Å². The van der Waals surface area contributed by atoms with E-state index < -0.39 is 71.8 Å². The summed E-state index contributed by atoms with van der Waals surface area (Å²) in [5.74, 6) is -4.08. The molecule has 1 fully saturated rings. The van der Waals surface area contributed by atoms with Gasteiger partial charge in [0.15, 0.2) is 24.1 Å². The van der Waals surface area contributed by atoms with Gasteiger partial charge in [-0.05, 0) is 11.6 Å². The molecular formula is C20H23NO13. The molecule has 1 aliphatic heterocycles. The normalized spacial score (nSPS) is 23.9. The highest BCUT2D eigenvalue weighted by Gasteiger charge is 2.56. The summed E-state index contributed by atoms with van der Waals surface area (Å²) in [5, 5.41) is 20.8. The van der Waals surface area contributed by atoms with Crippen LogP contribution in [0.25, 0.3) is 0 Å². The Hall–Kier alpha value is -3.78. The van der Waals surface area contributed by atoms with E-state index in [0.717, 1.165) is 40.0 Å². The predicted octanol–water partition coefficient (Wildman–Crippen LogP) is 0.159. The van der Waals surface area contributed by atoms with E-state index in [1.807, 2.05) is 0 Å². The molecule has 0 aliphatic carbocycles. The third-order valence-electron chi connectivity index (χ3n) is 4.48. The second kappa shape index (κ2) is 11.4. The standard InChI is InChI=1S/C20H23NO13/c1-9(23)30-15-16(31-10(2)24)18(32-11(3)25)20(34-17(15)19(26)29-4)33-14-6-5-12(8-22)7-13(14)21(27)28/h5-7,15-18,20,22H,8H2,1-4H3/t15-,16-,17-,18+,20?/m0/s1. The highest BCUT2D eigenvalue weighted by molar-refractivity contribution is 5.77. The summed E-state index contributed by atoms with van der Waals surface area (Å²) in [6.07, 6.45) is -8.30. The van der Waals surface area contributed by atoms with Crippen molar-refractivity contribution in [1.29, 1.82) is 0 Å². The van der Waals surface area contributed by atoms with Gasteiger partial charge < -0.3 is 33.5 Å². The summed E-state index contributed by atoms with van der Waals surface area (Å²) in [5.41, 5.74) is -0.363. The molecule has 0 aromatic heterocycles. The summed E-state index contributed by atoms with van der Waals surface area (Å²) in [4.78, 5) is 58.4. The number of aliphatic hydroxyl groups excluding tert-OH is 1. The van der Waals surface area contributed by atoms with Gasteiger partial charge >= 0.3 is 29.6 Å². The number of carbonyl (C=O) groups is 4. The molecule has 1 aromatic carbocycles. The van der Waals surface area contributed by atoms with Crippen molar-refractivity contribution in [2.24, 2.45) is 0 Å². The molecule has 0 bridgehead atoms. The van der Waals surface area contributed by atoms with E-state index in [1.54, 1.807) is 0 Å². The number of nitro benzene ring substituents is 1. The molecule has 34 heavy (non-hydrogen) atoms. The minimum atomic E-state index is -1.75. The van der Waals surface area contributed by atoms with Crippen molar-refractivity contribution in [3.05, 3.63) is 33.9 Å². The zero-order valence-corrected chi connectivity index (χ0v) is 18.6. The lowest BCUT2D eigenvalue weighted by molar-refractivity contribution is -0.387. The monoisotopic (exact) mass is 485 g/mol. The second-order valence-electron chi connectivity index (χ2n) is 7.01. The molecule has 5 atom stereocenters. The first-order valence-corrected chi connectivity index (χ1v) is 9.78. The first kappa shape index (κ1) is 26.5. The first-order valence-electron chi connectivity index (χ1n) is 9.78. The number of nitrogens with zero attached hydrogens (tertiary/aromatic N) is 1. The molecule has 14 heteroatoms. The van der Waals surface area contributed by atoms with Crippen LogP contribution in [-0.2, 0) is 49.5 Å². The van der Waals surface area contributed by atoms with E-state index >= 15 is 0 Å². The topological polar surface area (TPSA) is 187 Å². The number of esters is 4. The number of hydrogen-bond donors (Lipinski definition) is 1. The minimum Gasteiger partial charge on any atom is -0.467 e. The maximum atomic E-state index is 12.4. The van der Waals surface area contributed by atoms with E-state index in [4.69, 9.17) is 23.7 Å². The molecule has 0 spiro atoms. The van der Waals surface area contributed by atoms with Crippen LogP contribution in [-0.4, -0.2) is 71.7 Å². The van der Waals surface area contributed by atoms with Gasteiger partial charge in [-0.25, -0.2) is 4.79 Å². The van der Waals surface area contributed by atoms with Gasteiger partial charge in [0.25, 0.3) is 0 Å². The molecule has 186 valence electrons. The Morgan fingerprint density at radius 3 is 2.06 bits per heavy atom. The molecule has 2 rings (SSSR count). The molecule has 1 saturated heterocycles. The third kappa shape index (κ3) is 6.39. The van der Waals surface area contributed by atoms with Crippen LogP contribution >= 0.6 is 0 Å². The van der Waals surface area contributed by atoms with Gasteiger partial charge in [0.05, 0.1) is 18.6 Å².